The Labute approximate surface area is 242 Å². The van der Waals surface area contributed by atoms with Gasteiger partial charge in [-0.15, -0.1) is 0 Å². The van der Waals surface area contributed by atoms with Gasteiger partial charge in [0.25, 0.3) is 10.0 Å². The number of hydrogen-bond acceptors (Lipinski definition) is 4. The highest BCUT2D eigenvalue weighted by Gasteiger charge is 2.32. The van der Waals surface area contributed by atoms with E-state index in [0.717, 1.165) is 9.87 Å². The largest absolute Gasteiger partial charge is 0.357 e. The molecule has 0 aliphatic rings. The van der Waals surface area contributed by atoms with Crippen LogP contribution in [0.3, 0.4) is 0 Å². The highest BCUT2D eigenvalue weighted by atomic mass is 35.5. The molecular formula is C26H25Cl4N3O4S. The van der Waals surface area contributed by atoms with Crippen molar-refractivity contribution < 1.29 is 18.0 Å². The van der Waals surface area contributed by atoms with Gasteiger partial charge in [-0.05, 0) is 61.9 Å². The van der Waals surface area contributed by atoms with Gasteiger partial charge < -0.3 is 10.2 Å². The van der Waals surface area contributed by atoms with Crippen molar-refractivity contribution in [2.45, 2.75) is 31.3 Å². The first-order chi connectivity index (χ1) is 17.8. The topological polar surface area (TPSA) is 86.8 Å². The first-order valence-corrected chi connectivity index (χ1v) is 14.3. The van der Waals surface area contributed by atoms with Crippen molar-refractivity contribution in [3.8, 4) is 0 Å². The van der Waals surface area contributed by atoms with Gasteiger partial charge in [0.1, 0.15) is 12.6 Å². The van der Waals surface area contributed by atoms with Gasteiger partial charge >= 0.3 is 0 Å². The Morgan fingerprint density at radius 2 is 1.55 bits per heavy atom. The number of halogens is 4. The zero-order valence-electron chi connectivity index (χ0n) is 20.7. The molecule has 12 heteroatoms. The lowest BCUT2D eigenvalue weighted by Crippen LogP contribution is -2.50. The smallest absolute Gasteiger partial charge is 0.264 e. The Morgan fingerprint density at radius 3 is 2.13 bits per heavy atom. The molecule has 1 atom stereocenters. The van der Waals surface area contributed by atoms with Gasteiger partial charge in [-0.25, -0.2) is 8.42 Å². The minimum atomic E-state index is -4.23. The van der Waals surface area contributed by atoms with Gasteiger partial charge in [-0.1, -0.05) is 70.2 Å². The monoisotopic (exact) mass is 615 g/mol. The fourth-order valence-electron chi connectivity index (χ4n) is 3.63. The molecule has 7 nitrogen and oxygen atoms in total. The number of hydrogen-bond donors (Lipinski definition) is 1. The van der Waals surface area contributed by atoms with Gasteiger partial charge in [0, 0.05) is 23.6 Å². The molecule has 0 aliphatic carbocycles. The molecule has 202 valence electrons. The zero-order chi connectivity index (χ0) is 28.2. The van der Waals surface area contributed by atoms with Crippen molar-refractivity contribution >= 4 is 73.9 Å². The molecule has 0 radical (unpaired) electrons. The first-order valence-electron chi connectivity index (χ1n) is 11.3. The van der Waals surface area contributed by atoms with Crippen molar-refractivity contribution in [3.05, 3.63) is 91.9 Å². The molecule has 0 saturated heterocycles. The molecule has 0 heterocycles. The third-order valence-corrected chi connectivity index (χ3v) is 8.96. The average molecular weight is 617 g/mol. The highest BCUT2D eigenvalue weighted by molar-refractivity contribution is 7.92. The van der Waals surface area contributed by atoms with Crippen LogP contribution in [-0.4, -0.2) is 44.8 Å². The van der Waals surface area contributed by atoms with Crippen LogP contribution >= 0.6 is 46.4 Å². The fourth-order valence-corrected chi connectivity index (χ4v) is 5.80. The summed E-state index contributed by atoms with van der Waals surface area (Å²) in [7, 11) is -2.78. The molecule has 0 saturated carbocycles. The van der Waals surface area contributed by atoms with Crippen LogP contribution in [-0.2, 0) is 26.2 Å². The lowest BCUT2D eigenvalue weighted by Gasteiger charge is -2.32. The molecule has 2 amide bonds. The Balaban J connectivity index is 2.07. The fraction of sp³-hybridized carbons (Fsp3) is 0.231. The van der Waals surface area contributed by atoms with Crippen molar-refractivity contribution in [2.75, 3.05) is 17.9 Å². The number of carbonyl (C=O) groups is 2. The molecule has 0 fully saturated rings. The predicted octanol–water partition coefficient (Wildman–Crippen LogP) is 5.97. The van der Waals surface area contributed by atoms with E-state index in [1.165, 1.54) is 48.3 Å². The predicted molar refractivity (Wildman–Crippen MR) is 153 cm³/mol. The molecule has 3 aromatic carbocycles. The van der Waals surface area contributed by atoms with Crippen LogP contribution in [0, 0.1) is 6.92 Å². The van der Waals surface area contributed by atoms with Crippen LogP contribution in [0.25, 0.3) is 0 Å². The SMILES string of the molecule is CNC(=O)[C@@H](C)N(Cc1ccc(Cl)cc1Cl)C(=O)CN(c1ccc(Cl)c(Cl)c1)S(=O)(=O)c1ccc(C)cc1. The first kappa shape index (κ1) is 30.1. The van der Waals surface area contributed by atoms with Crippen LogP contribution < -0.4 is 9.62 Å². The number of nitrogens with zero attached hydrogens (tertiary/aromatic N) is 2. The van der Waals surface area contributed by atoms with Gasteiger partial charge in [-0.2, -0.15) is 0 Å². The van der Waals surface area contributed by atoms with Crippen molar-refractivity contribution in [2.24, 2.45) is 0 Å². The summed E-state index contributed by atoms with van der Waals surface area (Å²) in [4.78, 5) is 27.6. The maximum Gasteiger partial charge on any atom is 0.264 e. The number of likely N-dealkylation sites (N-methyl/N-ethyl adjacent to an activating group) is 1. The second-order valence-electron chi connectivity index (χ2n) is 8.47. The Kier molecular flexibility index (Phi) is 9.95. The van der Waals surface area contributed by atoms with Crippen molar-refractivity contribution in [3.63, 3.8) is 0 Å². The molecule has 0 unspecified atom stereocenters. The van der Waals surface area contributed by atoms with Gasteiger partial charge in [0.15, 0.2) is 0 Å². The number of sulfonamides is 1. The number of carbonyl (C=O) groups excluding carboxylic acids is 2. The second kappa shape index (κ2) is 12.6. The summed E-state index contributed by atoms with van der Waals surface area (Å²) >= 11 is 24.6. The molecule has 0 spiro atoms. The van der Waals surface area contributed by atoms with E-state index in [1.54, 1.807) is 31.2 Å². The van der Waals surface area contributed by atoms with Gasteiger partial charge in [0.05, 0.1) is 20.6 Å². The van der Waals surface area contributed by atoms with E-state index in [9.17, 15) is 18.0 Å². The third-order valence-electron chi connectivity index (χ3n) is 5.85. The van der Waals surface area contributed by atoms with E-state index in [1.807, 2.05) is 6.92 Å². The quantitative estimate of drug-likeness (QED) is 0.321. The Hall–Kier alpha value is -2.49. The standard InChI is InChI=1S/C26H25Cl4N3O4S/c1-16-4-9-21(10-5-16)38(36,37)33(20-8-11-22(28)24(30)13-20)15-25(34)32(17(2)26(35)31-3)14-18-6-7-19(27)12-23(18)29/h4-13,17H,14-15H2,1-3H3,(H,31,35)/t17-/m1/s1. The molecule has 0 aromatic heterocycles. The lowest BCUT2D eigenvalue weighted by atomic mass is 10.1. The molecule has 3 aromatic rings. The van der Waals surface area contributed by atoms with Gasteiger partial charge in [0.2, 0.25) is 11.8 Å². The molecule has 3 rings (SSSR count). The van der Waals surface area contributed by atoms with Gasteiger partial charge in [-0.3, -0.25) is 13.9 Å². The normalized spacial score (nSPS) is 12.1. The molecule has 0 bridgehead atoms. The number of aryl methyl sites for hydroxylation is 1. The summed E-state index contributed by atoms with van der Waals surface area (Å²) in [5.41, 5.74) is 1.53. The van der Waals surface area contributed by atoms with E-state index in [-0.39, 0.29) is 27.2 Å². The number of rotatable bonds is 9. The van der Waals surface area contributed by atoms with E-state index < -0.39 is 34.4 Å². The number of anilines is 1. The molecule has 0 aliphatic heterocycles. The highest BCUT2D eigenvalue weighted by Crippen LogP contribution is 2.31. The summed E-state index contributed by atoms with van der Waals surface area (Å²) in [5, 5.41) is 3.56. The van der Waals surface area contributed by atoms with Crippen LogP contribution in [0.15, 0.2) is 65.6 Å². The minimum Gasteiger partial charge on any atom is -0.357 e. The molecule has 1 N–H and O–H groups in total. The maximum atomic E-state index is 13.8. The summed E-state index contributed by atoms with van der Waals surface area (Å²) in [5.74, 6) is -1.08. The van der Waals surface area contributed by atoms with Crippen molar-refractivity contribution in [1.82, 2.24) is 10.2 Å². The van der Waals surface area contributed by atoms with E-state index >= 15 is 0 Å². The Bertz CT molecular complexity index is 1450. The van der Waals surface area contributed by atoms with Crippen LogP contribution in [0.4, 0.5) is 5.69 Å². The van der Waals surface area contributed by atoms with Crippen LogP contribution in [0.1, 0.15) is 18.1 Å². The summed E-state index contributed by atoms with van der Waals surface area (Å²) in [6.45, 7) is 2.68. The summed E-state index contributed by atoms with van der Waals surface area (Å²) < 4.78 is 28.5. The van der Waals surface area contributed by atoms with Crippen LogP contribution in [0.5, 0.6) is 0 Å². The maximum absolute atomic E-state index is 13.8. The number of nitrogens with one attached hydrogen (secondary N) is 1. The zero-order valence-corrected chi connectivity index (χ0v) is 24.6. The number of benzene rings is 3. The number of amides is 2. The lowest BCUT2D eigenvalue weighted by molar-refractivity contribution is -0.139. The second-order valence-corrected chi connectivity index (χ2v) is 12.0. The average Bonchev–Trinajstić information content (AvgIpc) is 2.87. The molecule has 38 heavy (non-hydrogen) atoms. The summed E-state index contributed by atoms with van der Waals surface area (Å²) in [6.07, 6.45) is 0. The van der Waals surface area contributed by atoms with Crippen molar-refractivity contribution in [1.29, 1.82) is 0 Å². The molecular weight excluding hydrogens is 592 g/mol. The van der Waals surface area contributed by atoms with E-state index in [4.69, 9.17) is 46.4 Å². The van der Waals surface area contributed by atoms with E-state index in [2.05, 4.69) is 5.32 Å². The Morgan fingerprint density at radius 1 is 0.895 bits per heavy atom. The summed E-state index contributed by atoms with van der Waals surface area (Å²) in [6, 6.07) is 14.3. The minimum absolute atomic E-state index is 0.0198. The third kappa shape index (κ3) is 6.93. The van der Waals surface area contributed by atoms with E-state index in [0.29, 0.717) is 15.6 Å². The van der Waals surface area contributed by atoms with Crippen LogP contribution in [0.2, 0.25) is 20.1 Å².